The fraction of sp³-hybridized carbons (Fsp3) is 0.179. The third-order valence-corrected chi connectivity index (χ3v) is 5.87. The third-order valence-electron chi connectivity index (χ3n) is 5.87. The van der Waals surface area contributed by atoms with Crippen LogP contribution in [0.1, 0.15) is 40.9 Å². The van der Waals surface area contributed by atoms with Crippen LogP contribution in [0.3, 0.4) is 0 Å². The number of methoxy groups -OCH3 is 1. The van der Waals surface area contributed by atoms with Gasteiger partial charge in [0.2, 0.25) is 0 Å². The van der Waals surface area contributed by atoms with E-state index in [9.17, 15) is 29.0 Å². The normalized spacial score (nSPS) is 16.6. The van der Waals surface area contributed by atoms with E-state index < -0.39 is 35.3 Å². The Morgan fingerprint density at radius 2 is 1.78 bits per heavy atom. The Hall–Kier alpha value is -4.66. The van der Waals surface area contributed by atoms with E-state index in [1.54, 1.807) is 6.07 Å². The van der Waals surface area contributed by atoms with E-state index in [-0.39, 0.29) is 40.5 Å². The Kier molecular flexibility index (Phi) is 7.24. The molecule has 0 radical (unpaired) electrons. The molecule has 1 saturated heterocycles. The predicted octanol–water partition coefficient (Wildman–Crippen LogP) is 4.73. The van der Waals surface area contributed by atoms with Crippen molar-refractivity contribution in [1.82, 2.24) is 0 Å². The van der Waals surface area contributed by atoms with Crippen molar-refractivity contribution in [2.24, 2.45) is 0 Å². The zero-order valence-corrected chi connectivity index (χ0v) is 20.1. The van der Waals surface area contributed by atoms with Crippen molar-refractivity contribution in [3.63, 3.8) is 0 Å². The Bertz CT molecular complexity index is 1400. The minimum Gasteiger partial charge on any atom is -0.508 e. The number of aliphatic hydroxyl groups excluding tert-OH is 1. The van der Waals surface area contributed by atoms with E-state index in [1.165, 1.54) is 55.6 Å². The fourth-order valence-corrected chi connectivity index (χ4v) is 4.14. The van der Waals surface area contributed by atoms with Gasteiger partial charge in [0.25, 0.3) is 11.7 Å². The molecule has 1 fully saturated rings. The number of hydrogen-bond acceptors (Lipinski definition) is 7. The van der Waals surface area contributed by atoms with Crippen LogP contribution in [0.5, 0.6) is 11.5 Å². The molecule has 1 atom stereocenters. The number of nitrogens with zero attached hydrogens (tertiary/aromatic N) is 1. The molecule has 3 aromatic rings. The molecule has 0 saturated carbocycles. The average Bonchev–Trinajstić information content (AvgIpc) is 3.17. The molecule has 0 aliphatic carbocycles. The number of phenols is 1. The molecule has 9 heteroatoms. The lowest BCUT2D eigenvalue weighted by Gasteiger charge is -2.26. The average molecular weight is 505 g/mol. The van der Waals surface area contributed by atoms with Gasteiger partial charge in [0.05, 0.1) is 36.5 Å². The first-order valence-corrected chi connectivity index (χ1v) is 11.5. The molecule has 0 bridgehead atoms. The summed E-state index contributed by atoms with van der Waals surface area (Å²) in [4.78, 5) is 40.2. The van der Waals surface area contributed by atoms with Gasteiger partial charge in [-0.05, 0) is 60.5 Å². The maximum absolute atomic E-state index is 14.1. The summed E-state index contributed by atoms with van der Waals surface area (Å²) in [5, 5.41) is 21.0. The van der Waals surface area contributed by atoms with Gasteiger partial charge in [-0.3, -0.25) is 14.5 Å². The summed E-state index contributed by atoms with van der Waals surface area (Å²) in [5.41, 5.74) is 0.341. The number of aliphatic hydroxyl groups is 1. The largest absolute Gasteiger partial charge is 0.508 e. The van der Waals surface area contributed by atoms with Gasteiger partial charge in [0, 0.05) is 5.69 Å². The van der Waals surface area contributed by atoms with Crippen molar-refractivity contribution in [2.45, 2.75) is 19.4 Å². The smallest absolute Gasteiger partial charge is 0.338 e. The zero-order chi connectivity index (χ0) is 26.7. The number of hydrogen-bond donors (Lipinski definition) is 2. The molecule has 1 unspecified atom stereocenters. The second kappa shape index (κ2) is 10.5. The van der Waals surface area contributed by atoms with E-state index in [1.807, 2.05) is 6.92 Å². The Morgan fingerprint density at radius 3 is 2.46 bits per heavy atom. The maximum atomic E-state index is 14.1. The van der Waals surface area contributed by atoms with Crippen molar-refractivity contribution < 1.29 is 38.5 Å². The van der Waals surface area contributed by atoms with E-state index in [4.69, 9.17) is 9.47 Å². The number of carbonyl (C=O) groups is 3. The van der Waals surface area contributed by atoms with Gasteiger partial charge in [-0.25, -0.2) is 9.18 Å². The lowest BCUT2D eigenvalue weighted by atomic mass is 9.94. The van der Waals surface area contributed by atoms with E-state index >= 15 is 0 Å². The highest BCUT2D eigenvalue weighted by Crippen LogP contribution is 2.43. The highest BCUT2D eigenvalue weighted by molar-refractivity contribution is 6.51. The molecule has 0 spiro atoms. The summed E-state index contributed by atoms with van der Waals surface area (Å²) >= 11 is 0. The fourth-order valence-electron chi connectivity index (χ4n) is 4.14. The number of ketones is 1. The van der Waals surface area contributed by atoms with Crippen LogP contribution in [0.4, 0.5) is 10.1 Å². The van der Waals surface area contributed by atoms with Gasteiger partial charge in [-0.1, -0.05) is 25.1 Å². The number of ether oxygens (including phenoxy) is 2. The van der Waals surface area contributed by atoms with Gasteiger partial charge in [0.15, 0.2) is 0 Å². The lowest BCUT2D eigenvalue weighted by Crippen LogP contribution is -2.29. The molecule has 1 heterocycles. The molecule has 1 aliphatic heterocycles. The summed E-state index contributed by atoms with van der Waals surface area (Å²) in [5.74, 6) is -3.84. The number of anilines is 1. The highest BCUT2D eigenvalue weighted by atomic mass is 19.1. The van der Waals surface area contributed by atoms with Crippen LogP contribution in [-0.2, 0) is 14.3 Å². The number of phenolic OH excluding ortho intramolecular Hbond substituents is 1. The second-order valence-electron chi connectivity index (χ2n) is 8.29. The SMILES string of the molecule is CCCOC(=O)c1cccc(N2C(=O)C(=O)/C(=C(/O)c3cc(F)ccc3OC)C2c2ccc(O)cc2)c1. The number of rotatable bonds is 7. The van der Waals surface area contributed by atoms with Gasteiger partial charge in [0.1, 0.15) is 23.1 Å². The van der Waals surface area contributed by atoms with E-state index in [0.717, 1.165) is 17.0 Å². The molecule has 37 heavy (non-hydrogen) atoms. The van der Waals surface area contributed by atoms with E-state index in [2.05, 4.69) is 0 Å². The standard InChI is InChI=1S/C28H24FNO7/c1-3-13-37-28(35)17-5-4-6-19(14-17)30-24(16-7-10-20(31)11-8-16)23(26(33)27(30)34)25(32)21-15-18(29)9-12-22(21)36-2/h4-12,14-15,24,31-32H,3,13H2,1-2H3/b25-23+. The topological polar surface area (TPSA) is 113 Å². The molecule has 1 amide bonds. The molecule has 190 valence electrons. The quantitative estimate of drug-likeness (QED) is 0.207. The van der Waals surface area contributed by atoms with Crippen LogP contribution >= 0.6 is 0 Å². The number of carbonyl (C=O) groups excluding carboxylic acids is 3. The molecule has 2 N–H and O–H groups in total. The molecule has 8 nitrogen and oxygen atoms in total. The summed E-state index contributed by atoms with van der Waals surface area (Å²) < 4.78 is 24.5. The summed E-state index contributed by atoms with van der Waals surface area (Å²) in [7, 11) is 1.32. The van der Waals surface area contributed by atoms with Gasteiger partial charge in [-0.2, -0.15) is 0 Å². The van der Waals surface area contributed by atoms with Crippen molar-refractivity contribution in [1.29, 1.82) is 0 Å². The number of amides is 1. The first kappa shape index (κ1) is 25.4. The first-order chi connectivity index (χ1) is 17.8. The first-order valence-electron chi connectivity index (χ1n) is 11.5. The number of Topliss-reactive ketones (excluding diaryl/α,β-unsaturated/α-hetero) is 1. The van der Waals surface area contributed by atoms with Gasteiger partial charge >= 0.3 is 5.97 Å². The molecule has 4 rings (SSSR count). The number of halogens is 1. The van der Waals surface area contributed by atoms with Crippen LogP contribution in [0.2, 0.25) is 0 Å². The highest BCUT2D eigenvalue weighted by Gasteiger charge is 2.47. The van der Waals surface area contributed by atoms with Crippen LogP contribution in [0, 0.1) is 5.82 Å². The van der Waals surface area contributed by atoms with Crippen molar-refractivity contribution in [3.8, 4) is 11.5 Å². The summed E-state index contributed by atoms with van der Waals surface area (Å²) in [6.45, 7) is 2.07. The third kappa shape index (κ3) is 4.88. The lowest BCUT2D eigenvalue weighted by molar-refractivity contribution is -0.132. The van der Waals surface area contributed by atoms with Crippen molar-refractivity contribution in [3.05, 3.63) is 94.8 Å². The van der Waals surface area contributed by atoms with Crippen LogP contribution in [0.25, 0.3) is 5.76 Å². The Labute approximate surface area is 212 Å². The number of aromatic hydroxyl groups is 1. The monoisotopic (exact) mass is 505 g/mol. The van der Waals surface area contributed by atoms with E-state index in [0.29, 0.717) is 12.0 Å². The zero-order valence-electron chi connectivity index (χ0n) is 20.1. The maximum Gasteiger partial charge on any atom is 0.338 e. The minimum absolute atomic E-state index is 0.0480. The van der Waals surface area contributed by atoms with Crippen LogP contribution in [0.15, 0.2) is 72.3 Å². The Morgan fingerprint density at radius 1 is 1.05 bits per heavy atom. The molecule has 1 aliphatic rings. The van der Waals surface area contributed by atoms with Crippen LogP contribution in [-0.4, -0.2) is 41.6 Å². The van der Waals surface area contributed by atoms with Gasteiger partial charge < -0.3 is 19.7 Å². The van der Waals surface area contributed by atoms with Crippen molar-refractivity contribution >= 4 is 29.1 Å². The molecular weight excluding hydrogens is 481 g/mol. The molecule has 3 aromatic carbocycles. The van der Waals surface area contributed by atoms with Crippen molar-refractivity contribution in [2.75, 3.05) is 18.6 Å². The molecule has 0 aromatic heterocycles. The predicted molar refractivity (Wildman–Crippen MR) is 133 cm³/mol. The second-order valence-corrected chi connectivity index (χ2v) is 8.29. The number of esters is 1. The Balaban J connectivity index is 1.92. The van der Waals surface area contributed by atoms with Gasteiger partial charge in [-0.15, -0.1) is 0 Å². The number of benzene rings is 3. The summed E-state index contributed by atoms with van der Waals surface area (Å²) in [6, 6.07) is 14.0. The summed E-state index contributed by atoms with van der Waals surface area (Å²) in [6.07, 6.45) is 0.629. The minimum atomic E-state index is -1.16. The van der Waals surface area contributed by atoms with Crippen LogP contribution < -0.4 is 9.64 Å². The molecular formula is C28H24FNO7.